The van der Waals surface area contributed by atoms with Gasteiger partial charge in [0, 0.05) is 29.2 Å². The summed E-state index contributed by atoms with van der Waals surface area (Å²) in [7, 11) is 0. The number of benzene rings is 1. The lowest BCUT2D eigenvalue weighted by molar-refractivity contribution is 0.0691. The molecule has 1 aromatic carbocycles. The number of aromatic nitrogens is 3. The van der Waals surface area contributed by atoms with E-state index in [9.17, 15) is 4.79 Å². The molecule has 2 heterocycles. The van der Waals surface area contributed by atoms with Gasteiger partial charge in [0.15, 0.2) is 0 Å². The lowest BCUT2D eigenvalue weighted by Gasteiger charge is -1.97. The number of H-pyrrole nitrogens is 1. The first-order chi connectivity index (χ1) is 9.17. The number of aromatic carboxylic acids is 1. The molecule has 2 N–H and O–H groups in total. The van der Waals surface area contributed by atoms with Crippen LogP contribution in [-0.4, -0.2) is 25.8 Å². The number of fused-ring (bicyclic) bond motifs is 1. The number of nitrogens with one attached hydrogen (secondary N) is 1. The van der Waals surface area contributed by atoms with E-state index in [1.165, 1.54) is 0 Å². The molecule has 0 spiro atoms. The average Bonchev–Trinajstić information content (AvgIpc) is 3.04. The minimum atomic E-state index is -0.948. The molecule has 2 aromatic heterocycles. The third kappa shape index (κ3) is 1.99. The van der Waals surface area contributed by atoms with Gasteiger partial charge in [0.2, 0.25) is 0 Å². The Kier molecular flexibility index (Phi) is 2.59. The number of carbonyl (C=O) groups is 1. The van der Waals surface area contributed by atoms with E-state index < -0.39 is 5.97 Å². The highest BCUT2D eigenvalue weighted by Crippen LogP contribution is 2.24. The zero-order valence-electron chi connectivity index (χ0n) is 10.4. The van der Waals surface area contributed by atoms with Gasteiger partial charge in [0.25, 0.3) is 0 Å². The number of rotatable bonds is 3. The summed E-state index contributed by atoms with van der Waals surface area (Å²) in [6.45, 7) is 2.86. The van der Waals surface area contributed by atoms with Crippen molar-refractivity contribution in [1.29, 1.82) is 0 Å². The van der Waals surface area contributed by atoms with Crippen LogP contribution in [0.4, 0.5) is 0 Å². The minimum Gasteiger partial charge on any atom is -0.477 e. The van der Waals surface area contributed by atoms with Crippen molar-refractivity contribution in [2.45, 2.75) is 13.5 Å². The summed E-state index contributed by atoms with van der Waals surface area (Å²) in [5.41, 5.74) is 3.09. The maximum atomic E-state index is 10.9. The van der Waals surface area contributed by atoms with Gasteiger partial charge in [-0.1, -0.05) is 6.07 Å². The summed E-state index contributed by atoms with van der Waals surface area (Å²) in [5, 5.41) is 14.1. The number of aryl methyl sites for hydroxylation is 1. The topological polar surface area (TPSA) is 70.9 Å². The van der Waals surface area contributed by atoms with Crippen molar-refractivity contribution in [3.63, 3.8) is 0 Å². The van der Waals surface area contributed by atoms with Crippen LogP contribution in [0.3, 0.4) is 0 Å². The van der Waals surface area contributed by atoms with Crippen LogP contribution in [0, 0.1) is 0 Å². The summed E-state index contributed by atoms with van der Waals surface area (Å²) in [6.07, 6.45) is 3.79. The fourth-order valence-corrected chi connectivity index (χ4v) is 2.11. The Morgan fingerprint density at radius 3 is 2.89 bits per heavy atom. The molecule has 3 rings (SSSR count). The Balaban J connectivity index is 2.07. The summed E-state index contributed by atoms with van der Waals surface area (Å²) < 4.78 is 1.86. The Morgan fingerprint density at radius 1 is 1.37 bits per heavy atom. The number of hydrogen-bond acceptors (Lipinski definition) is 2. The van der Waals surface area contributed by atoms with Crippen LogP contribution < -0.4 is 0 Å². The van der Waals surface area contributed by atoms with Crippen molar-refractivity contribution in [2.75, 3.05) is 0 Å². The molecule has 0 saturated heterocycles. The smallest absolute Gasteiger partial charge is 0.352 e. The van der Waals surface area contributed by atoms with E-state index in [1.807, 2.05) is 42.2 Å². The molecule has 0 saturated carbocycles. The highest BCUT2D eigenvalue weighted by atomic mass is 16.4. The van der Waals surface area contributed by atoms with Crippen molar-refractivity contribution in [3.05, 3.63) is 42.4 Å². The quantitative estimate of drug-likeness (QED) is 0.756. The maximum absolute atomic E-state index is 10.9. The van der Waals surface area contributed by atoms with Gasteiger partial charge in [0.05, 0.1) is 6.20 Å². The van der Waals surface area contributed by atoms with Gasteiger partial charge >= 0.3 is 5.97 Å². The molecule has 0 aliphatic carbocycles. The molecular weight excluding hydrogens is 242 g/mol. The van der Waals surface area contributed by atoms with Gasteiger partial charge in [-0.2, -0.15) is 5.10 Å². The molecule has 0 aliphatic heterocycles. The van der Waals surface area contributed by atoms with Crippen LogP contribution in [0.15, 0.2) is 36.7 Å². The first-order valence-corrected chi connectivity index (χ1v) is 6.06. The van der Waals surface area contributed by atoms with E-state index in [2.05, 4.69) is 10.1 Å². The third-order valence-corrected chi connectivity index (χ3v) is 3.14. The van der Waals surface area contributed by atoms with Crippen LogP contribution in [0.1, 0.15) is 17.4 Å². The molecule has 0 bridgehead atoms. The SMILES string of the molecule is CCn1cc(-c2ccc3[nH]c(C(=O)O)cc3c2)cn1. The average molecular weight is 255 g/mol. The van der Waals surface area contributed by atoms with E-state index in [4.69, 9.17) is 5.11 Å². The summed E-state index contributed by atoms with van der Waals surface area (Å²) in [5.74, 6) is -0.948. The molecule has 5 heteroatoms. The highest BCUT2D eigenvalue weighted by molar-refractivity contribution is 5.95. The highest BCUT2D eigenvalue weighted by Gasteiger charge is 2.08. The summed E-state index contributed by atoms with van der Waals surface area (Å²) >= 11 is 0. The number of aromatic amines is 1. The molecule has 96 valence electrons. The molecule has 0 radical (unpaired) electrons. The van der Waals surface area contributed by atoms with Crippen LogP contribution in [0.5, 0.6) is 0 Å². The predicted octanol–water partition coefficient (Wildman–Crippen LogP) is 2.75. The van der Waals surface area contributed by atoms with Crippen molar-refractivity contribution >= 4 is 16.9 Å². The van der Waals surface area contributed by atoms with E-state index in [0.29, 0.717) is 0 Å². The van der Waals surface area contributed by atoms with E-state index in [0.717, 1.165) is 28.6 Å². The Bertz CT molecular complexity index is 755. The van der Waals surface area contributed by atoms with Crippen molar-refractivity contribution in [1.82, 2.24) is 14.8 Å². The van der Waals surface area contributed by atoms with Crippen molar-refractivity contribution in [3.8, 4) is 11.1 Å². The monoisotopic (exact) mass is 255 g/mol. The van der Waals surface area contributed by atoms with Gasteiger partial charge in [-0.3, -0.25) is 4.68 Å². The Labute approximate surface area is 109 Å². The van der Waals surface area contributed by atoms with Crippen LogP contribution >= 0.6 is 0 Å². The fraction of sp³-hybridized carbons (Fsp3) is 0.143. The second-order valence-corrected chi connectivity index (χ2v) is 4.37. The lowest BCUT2D eigenvalue weighted by Crippen LogP contribution is -1.94. The standard InChI is InChI=1S/C14H13N3O2/c1-2-17-8-11(7-15-17)9-3-4-12-10(5-9)6-13(16-12)14(18)19/h3-8,16H,2H2,1H3,(H,18,19). The van der Waals surface area contributed by atoms with Gasteiger partial charge in [-0.15, -0.1) is 0 Å². The Hall–Kier alpha value is -2.56. The van der Waals surface area contributed by atoms with Gasteiger partial charge in [-0.05, 0) is 30.7 Å². The summed E-state index contributed by atoms with van der Waals surface area (Å²) in [6, 6.07) is 7.46. The lowest BCUT2D eigenvalue weighted by atomic mass is 10.1. The minimum absolute atomic E-state index is 0.205. The van der Waals surface area contributed by atoms with E-state index >= 15 is 0 Å². The van der Waals surface area contributed by atoms with Crippen molar-refractivity contribution < 1.29 is 9.90 Å². The first-order valence-electron chi connectivity index (χ1n) is 6.06. The number of hydrogen-bond donors (Lipinski definition) is 2. The zero-order valence-corrected chi connectivity index (χ0v) is 10.4. The zero-order chi connectivity index (χ0) is 13.4. The van der Waals surface area contributed by atoms with Crippen LogP contribution in [-0.2, 0) is 6.54 Å². The molecule has 0 amide bonds. The van der Waals surface area contributed by atoms with E-state index in [1.54, 1.807) is 6.07 Å². The molecule has 0 fully saturated rings. The van der Waals surface area contributed by atoms with Crippen LogP contribution in [0.2, 0.25) is 0 Å². The van der Waals surface area contributed by atoms with E-state index in [-0.39, 0.29) is 5.69 Å². The van der Waals surface area contributed by atoms with Crippen LogP contribution in [0.25, 0.3) is 22.0 Å². The normalized spacial score (nSPS) is 11.0. The fourth-order valence-electron chi connectivity index (χ4n) is 2.11. The molecule has 0 atom stereocenters. The summed E-state index contributed by atoms with van der Waals surface area (Å²) in [4.78, 5) is 13.8. The largest absolute Gasteiger partial charge is 0.477 e. The number of nitrogens with zero attached hydrogens (tertiary/aromatic N) is 2. The predicted molar refractivity (Wildman–Crippen MR) is 72.2 cm³/mol. The number of carboxylic acid groups (broad SMARTS) is 1. The van der Waals surface area contributed by atoms with Gasteiger partial charge in [-0.25, -0.2) is 4.79 Å². The Morgan fingerprint density at radius 2 is 2.21 bits per heavy atom. The molecule has 19 heavy (non-hydrogen) atoms. The third-order valence-electron chi connectivity index (χ3n) is 3.14. The van der Waals surface area contributed by atoms with Gasteiger partial charge < -0.3 is 10.1 Å². The van der Waals surface area contributed by atoms with Gasteiger partial charge in [0.1, 0.15) is 5.69 Å². The molecule has 3 aromatic rings. The first kappa shape index (κ1) is 11.5. The second-order valence-electron chi connectivity index (χ2n) is 4.37. The molecule has 0 aliphatic rings. The molecule has 0 unspecified atom stereocenters. The molecular formula is C14H13N3O2. The maximum Gasteiger partial charge on any atom is 0.352 e. The second kappa shape index (κ2) is 4.28. The van der Waals surface area contributed by atoms with Crippen molar-refractivity contribution in [2.24, 2.45) is 0 Å². The molecule has 5 nitrogen and oxygen atoms in total. The number of carboxylic acids is 1.